The Morgan fingerprint density at radius 2 is 1.80 bits per heavy atom. The zero-order valence-corrected chi connectivity index (χ0v) is 15.5. The van der Waals surface area contributed by atoms with Gasteiger partial charge in [0.05, 0.1) is 22.9 Å². The summed E-state index contributed by atoms with van der Waals surface area (Å²) >= 11 is 3.42. The summed E-state index contributed by atoms with van der Waals surface area (Å²) in [5.41, 5.74) is 1.07. The standard InChI is InChI=1S/C19H18BrN3O2/c1-12(2)17(18(24)22-16-10-6-4-8-14(16)20)23-11-21-15-9-5-3-7-13(15)19(23)25/h3-12,17H,1-2H3,(H,22,24). The molecule has 2 aromatic carbocycles. The fourth-order valence-electron chi connectivity index (χ4n) is 2.80. The molecule has 6 heteroatoms. The van der Waals surface area contributed by atoms with E-state index in [1.165, 1.54) is 10.9 Å². The van der Waals surface area contributed by atoms with Crippen molar-refractivity contribution < 1.29 is 4.79 Å². The molecular weight excluding hydrogens is 382 g/mol. The molecule has 1 unspecified atom stereocenters. The Labute approximate surface area is 153 Å². The molecule has 0 saturated carbocycles. The van der Waals surface area contributed by atoms with E-state index in [2.05, 4.69) is 26.2 Å². The summed E-state index contributed by atoms with van der Waals surface area (Å²) in [7, 11) is 0. The van der Waals surface area contributed by atoms with Gasteiger partial charge >= 0.3 is 0 Å². The fourth-order valence-corrected chi connectivity index (χ4v) is 3.18. The Morgan fingerprint density at radius 3 is 2.52 bits per heavy atom. The van der Waals surface area contributed by atoms with E-state index in [-0.39, 0.29) is 17.4 Å². The third-order valence-electron chi connectivity index (χ3n) is 4.02. The number of hydrogen-bond acceptors (Lipinski definition) is 3. The van der Waals surface area contributed by atoms with Crippen LogP contribution in [0.2, 0.25) is 0 Å². The first-order chi connectivity index (χ1) is 12.0. The van der Waals surface area contributed by atoms with Crippen LogP contribution >= 0.6 is 15.9 Å². The van der Waals surface area contributed by atoms with Gasteiger partial charge in [-0.1, -0.05) is 38.1 Å². The van der Waals surface area contributed by atoms with Crippen molar-refractivity contribution in [2.45, 2.75) is 19.9 Å². The van der Waals surface area contributed by atoms with Crippen molar-refractivity contribution in [2.75, 3.05) is 5.32 Å². The van der Waals surface area contributed by atoms with Crippen molar-refractivity contribution in [3.63, 3.8) is 0 Å². The third kappa shape index (κ3) is 3.49. The van der Waals surface area contributed by atoms with Crippen LogP contribution in [0.1, 0.15) is 19.9 Å². The highest BCUT2D eigenvalue weighted by atomic mass is 79.9. The van der Waals surface area contributed by atoms with Crippen molar-refractivity contribution >= 4 is 38.4 Å². The highest BCUT2D eigenvalue weighted by Gasteiger charge is 2.26. The van der Waals surface area contributed by atoms with Crippen LogP contribution in [0, 0.1) is 5.92 Å². The Balaban J connectivity index is 2.02. The van der Waals surface area contributed by atoms with Gasteiger partial charge in [-0.05, 0) is 46.1 Å². The summed E-state index contributed by atoms with van der Waals surface area (Å²) < 4.78 is 2.20. The van der Waals surface area contributed by atoms with E-state index in [1.807, 2.05) is 38.1 Å². The van der Waals surface area contributed by atoms with Crippen LogP contribution in [0.3, 0.4) is 0 Å². The van der Waals surface area contributed by atoms with Gasteiger partial charge in [0.15, 0.2) is 0 Å². The number of amides is 1. The molecule has 0 spiro atoms. The van der Waals surface area contributed by atoms with Gasteiger partial charge in [-0.2, -0.15) is 0 Å². The molecule has 0 fully saturated rings. The van der Waals surface area contributed by atoms with E-state index in [4.69, 9.17) is 0 Å². The molecule has 0 saturated heterocycles. The first-order valence-corrected chi connectivity index (χ1v) is 8.79. The van der Waals surface area contributed by atoms with Gasteiger partial charge in [0, 0.05) is 4.47 Å². The molecular formula is C19H18BrN3O2. The van der Waals surface area contributed by atoms with Crippen molar-refractivity contribution in [3.05, 3.63) is 69.7 Å². The number of fused-ring (bicyclic) bond motifs is 1. The van der Waals surface area contributed by atoms with Gasteiger partial charge < -0.3 is 5.32 Å². The first-order valence-electron chi connectivity index (χ1n) is 8.00. The molecule has 3 aromatic rings. The summed E-state index contributed by atoms with van der Waals surface area (Å²) in [5.74, 6) is -0.329. The SMILES string of the molecule is CC(C)C(C(=O)Nc1ccccc1Br)n1cnc2ccccc2c1=O. The maximum atomic E-state index is 12.9. The minimum absolute atomic E-state index is 0.0804. The largest absolute Gasteiger partial charge is 0.323 e. The molecule has 1 N–H and O–H groups in total. The van der Waals surface area contributed by atoms with Gasteiger partial charge in [0.2, 0.25) is 5.91 Å². The van der Waals surface area contributed by atoms with E-state index < -0.39 is 6.04 Å². The van der Waals surface area contributed by atoms with Crippen molar-refractivity contribution in [1.82, 2.24) is 9.55 Å². The number of carbonyl (C=O) groups excluding carboxylic acids is 1. The van der Waals surface area contributed by atoms with Crippen LogP contribution in [0.5, 0.6) is 0 Å². The Kier molecular flexibility index (Phi) is 4.99. The lowest BCUT2D eigenvalue weighted by atomic mass is 10.0. The second-order valence-electron chi connectivity index (χ2n) is 6.13. The lowest BCUT2D eigenvalue weighted by Crippen LogP contribution is -2.36. The summed E-state index contributed by atoms with van der Waals surface area (Å²) in [6, 6.07) is 13.9. The number of aromatic nitrogens is 2. The minimum atomic E-state index is -0.656. The van der Waals surface area contributed by atoms with Crippen LogP contribution < -0.4 is 10.9 Å². The first kappa shape index (κ1) is 17.4. The van der Waals surface area contributed by atoms with Gasteiger partial charge in [0.25, 0.3) is 5.56 Å². The van der Waals surface area contributed by atoms with Gasteiger partial charge in [-0.3, -0.25) is 14.2 Å². The number of carbonyl (C=O) groups is 1. The van der Waals surface area contributed by atoms with E-state index in [0.717, 1.165) is 4.47 Å². The maximum Gasteiger partial charge on any atom is 0.261 e. The van der Waals surface area contributed by atoms with Crippen molar-refractivity contribution in [1.29, 1.82) is 0 Å². The lowest BCUT2D eigenvalue weighted by molar-refractivity contribution is -0.120. The van der Waals surface area contributed by atoms with E-state index in [9.17, 15) is 9.59 Å². The Bertz CT molecular complexity index is 982. The van der Waals surface area contributed by atoms with Crippen LogP contribution in [0.25, 0.3) is 10.9 Å². The number of hydrogen-bond donors (Lipinski definition) is 1. The zero-order valence-electron chi connectivity index (χ0n) is 13.9. The second-order valence-corrected chi connectivity index (χ2v) is 6.99. The van der Waals surface area contributed by atoms with Crippen LogP contribution in [0.4, 0.5) is 5.69 Å². The summed E-state index contributed by atoms with van der Waals surface area (Å²) in [5, 5.41) is 3.40. The molecule has 0 aliphatic rings. The second kappa shape index (κ2) is 7.19. The van der Waals surface area contributed by atoms with Crippen molar-refractivity contribution in [3.8, 4) is 0 Å². The number of nitrogens with one attached hydrogen (secondary N) is 1. The molecule has 5 nitrogen and oxygen atoms in total. The number of halogens is 1. The zero-order chi connectivity index (χ0) is 18.0. The molecule has 25 heavy (non-hydrogen) atoms. The predicted molar refractivity (Wildman–Crippen MR) is 103 cm³/mol. The average Bonchev–Trinajstić information content (AvgIpc) is 2.59. The average molecular weight is 400 g/mol. The van der Waals surface area contributed by atoms with E-state index >= 15 is 0 Å². The maximum absolute atomic E-state index is 12.9. The Hall–Kier alpha value is -2.47. The highest BCUT2D eigenvalue weighted by molar-refractivity contribution is 9.10. The number of para-hydroxylation sites is 2. The molecule has 1 heterocycles. The van der Waals surface area contributed by atoms with E-state index in [1.54, 1.807) is 24.3 Å². The molecule has 0 radical (unpaired) electrons. The predicted octanol–water partition coefficient (Wildman–Crippen LogP) is 3.99. The monoisotopic (exact) mass is 399 g/mol. The van der Waals surface area contributed by atoms with Gasteiger partial charge in [-0.15, -0.1) is 0 Å². The summed E-state index contributed by atoms with van der Waals surface area (Å²) in [4.78, 5) is 30.0. The molecule has 0 aliphatic heterocycles. The van der Waals surface area contributed by atoms with E-state index in [0.29, 0.717) is 16.6 Å². The summed E-state index contributed by atoms with van der Waals surface area (Å²) in [6.07, 6.45) is 1.45. The fraction of sp³-hybridized carbons (Fsp3) is 0.211. The van der Waals surface area contributed by atoms with Crippen LogP contribution in [0.15, 0.2) is 64.1 Å². The number of anilines is 1. The van der Waals surface area contributed by atoms with Crippen molar-refractivity contribution in [2.24, 2.45) is 5.92 Å². The minimum Gasteiger partial charge on any atom is -0.323 e. The molecule has 1 amide bonds. The molecule has 1 aromatic heterocycles. The van der Waals surface area contributed by atoms with Crippen LogP contribution in [-0.4, -0.2) is 15.5 Å². The molecule has 0 aliphatic carbocycles. The number of benzene rings is 2. The normalized spacial score (nSPS) is 12.3. The van der Waals surface area contributed by atoms with Crippen LogP contribution in [-0.2, 0) is 4.79 Å². The lowest BCUT2D eigenvalue weighted by Gasteiger charge is -2.23. The smallest absolute Gasteiger partial charge is 0.261 e. The highest BCUT2D eigenvalue weighted by Crippen LogP contribution is 2.24. The quantitative estimate of drug-likeness (QED) is 0.720. The third-order valence-corrected chi connectivity index (χ3v) is 4.71. The van der Waals surface area contributed by atoms with Gasteiger partial charge in [-0.25, -0.2) is 4.98 Å². The number of nitrogens with zero attached hydrogens (tertiary/aromatic N) is 2. The van der Waals surface area contributed by atoms with Gasteiger partial charge in [0.1, 0.15) is 6.04 Å². The summed E-state index contributed by atoms with van der Waals surface area (Å²) in [6.45, 7) is 3.82. The molecule has 0 bridgehead atoms. The number of rotatable bonds is 4. The Morgan fingerprint density at radius 1 is 1.12 bits per heavy atom. The topological polar surface area (TPSA) is 64.0 Å². The molecule has 3 rings (SSSR count). The molecule has 128 valence electrons. The molecule has 1 atom stereocenters.